The fourth-order valence-corrected chi connectivity index (χ4v) is 3.80. The van der Waals surface area contributed by atoms with Gasteiger partial charge in [-0.05, 0) is 30.3 Å². The first-order valence-electron chi connectivity index (χ1n) is 11.2. The highest BCUT2D eigenvalue weighted by molar-refractivity contribution is 6.83. The smallest absolute Gasteiger partial charge is 0.270 e. The Labute approximate surface area is 209 Å². The third kappa shape index (κ3) is 6.06. The van der Waals surface area contributed by atoms with Crippen LogP contribution in [0.2, 0.25) is 19.6 Å². The minimum absolute atomic E-state index is 0.0307. The maximum absolute atomic E-state index is 13.4. The molecule has 184 valence electrons. The molecule has 3 aromatic rings. The van der Waals surface area contributed by atoms with Crippen LogP contribution in [-0.4, -0.2) is 49.6 Å². The molecule has 1 N–H and O–H groups in total. The number of nitrogens with one attached hydrogen (secondary N) is 1. The van der Waals surface area contributed by atoms with Crippen molar-refractivity contribution in [1.82, 2.24) is 15.3 Å². The number of rotatable bonds is 4. The highest BCUT2D eigenvalue weighted by atomic mass is 28.3. The van der Waals surface area contributed by atoms with Crippen molar-refractivity contribution in [3.05, 3.63) is 71.9 Å². The number of halogens is 1. The Morgan fingerprint density at radius 2 is 1.97 bits per heavy atom. The first-order valence-corrected chi connectivity index (χ1v) is 14.7. The van der Waals surface area contributed by atoms with E-state index in [9.17, 15) is 14.0 Å². The molecule has 0 unspecified atom stereocenters. The van der Waals surface area contributed by atoms with Crippen LogP contribution in [0.15, 0.2) is 54.7 Å². The Balaban J connectivity index is 1.48. The van der Waals surface area contributed by atoms with Crippen molar-refractivity contribution < 1.29 is 23.5 Å². The molecule has 0 fully saturated rings. The molecule has 0 bridgehead atoms. The first kappa shape index (κ1) is 24.9. The van der Waals surface area contributed by atoms with Crippen molar-refractivity contribution in [1.29, 1.82) is 0 Å². The van der Waals surface area contributed by atoms with E-state index in [1.165, 1.54) is 35.4 Å². The van der Waals surface area contributed by atoms with Crippen LogP contribution < -0.4 is 19.7 Å². The summed E-state index contributed by atoms with van der Waals surface area (Å²) in [4.78, 5) is 35.9. The van der Waals surface area contributed by atoms with E-state index in [4.69, 9.17) is 9.47 Å². The number of likely N-dealkylation sites (N-methyl/N-ethyl adjacent to an activating group) is 1. The van der Waals surface area contributed by atoms with Gasteiger partial charge in [0.05, 0.1) is 0 Å². The summed E-state index contributed by atoms with van der Waals surface area (Å²) in [6.07, 6.45) is 1.39. The largest absolute Gasteiger partial charge is 0.487 e. The molecule has 0 saturated carbocycles. The Morgan fingerprint density at radius 1 is 1.19 bits per heavy atom. The number of nitrogens with zero attached hydrogens (tertiary/aromatic N) is 3. The fourth-order valence-electron chi connectivity index (χ4n) is 3.29. The van der Waals surface area contributed by atoms with Crippen molar-refractivity contribution in [2.75, 3.05) is 18.6 Å². The molecule has 3 heterocycles. The Kier molecular flexibility index (Phi) is 7.03. The standard InChI is InChI=1S/C26H25FN4O4Si/c1-31-24-23(9-8-18(29-24)11-13-36(2,3)4)34-16-22(26(31)33)30-25(32)21-15-20(10-12-28-21)35-19-7-5-6-17(27)14-19/h5-10,12,14-15,22H,16H2,1-4H3,(H,30,32)/t22-/m0/s1. The lowest BCUT2D eigenvalue weighted by atomic mass is 10.2. The van der Waals surface area contributed by atoms with Gasteiger partial charge in [0.15, 0.2) is 11.6 Å². The van der Waals surface area contributed by atoms with Gasteiger partial charge in [-0.3, -0.25) is 19.5 Å². The van der Waals surface area contributed by atoms with Crippen molar-refractivity contribution in [3.63, 3.8) is 0 Å². The number of aromatic nitrogens is 2. The van der Waals surface area contributed by atoms with E-state index in [2.05, 4.69) is 46.4 Å². The van der Waals surface area contributed by atoms with Gasteiger partial charge in [-0.1, -0.05) is 31.6 Å². The average molecular weight is 505 g/mol. The molecule has 1 aliphatic rings. The number of ether oxygens (including phenoxy) is 2. The van der Waals surface area contributed by atoms with Crippen LogP contribution in [0.1, 0.15) is 16.2 Å². The Bertz CT molecular complexity index is 1380. The van der Waals surface area contributed by atoms with E-state index in [-0.39, 0.29) is 18.1 Å². The third-order valence-electron chi connectivity index (χ3n) is 5.06. The van der Waals surface area contributed by atoms with Gasteiger partial charge in [-0.2, -0.15) is 0 Å². The predicted molar refractivity (Wildman–Crippen MR) is 135 cm³/mol. The molecule has 4 rings (SSSR count). The van der Waals surface area contributed by atoms with Crippen LogP contribution in [0.4, 0.5) is 10.2 Å². The maximum atomic E-state index is 13.4. The van der Waals surface area contributed by atoms with E-state index < -0.39 is 31.7 Å². The molecule has 8 nitrogen and oxygen atoms in total. The zero-order valence-electron chi connectivity index (χ0n) is 20.3. The summed E-state index contributed by atoms with van der Waals surface area (Å²) in [5.41, 5.74) is 3.83. The summed E-state index contributed by atoms with van der Waals surface area (Å²) in [7, 11) is -0.0256. The zero-order chi connectivity index (χ0) is 25.9. The Morgan fingerprint density at radius 3 is 2.72 bits per heavy atom. The highest BCUT2D eigenvalue weighted by Crippen LogP contribution is 2.29. The molecule has 10 heteroatoms. The summed E-state index contributed by atoms with van der Waals surface area (Å²) < 4.78 is 24.8. The second-order valence-electron chi connectivity index (χ2n) is 9.19. The van der Waals surface area contributed by atoms with E-state index in [0.717, 1.165) is 0 Å². The summed E-state index contributed by atoms with van der Waals surface area (Å²) in [6.45, 7) is 6.32. The number of fused-ring (bicyclic) bond motifs is 1. The average Bonchev–Trinajstić information content (AvgIpc) is 2.94. The molecule has 0 spiro atoms. The summed E-state index contributed by atoms with van der Waals surface area (Å²) in [5, 5.41) is 2.67. The van der Waals surface area contributed by atoms with E-state index in [1.807, 2.05) is 0 Å². The molecule has 2 aromatic heterocycles. The van der Waals surface area contributed by atoms with Gasteiger partial charge in [0, 0.05) is 25.4 Å². The molecule has 0 radical (unpaired) electrons. The van der Waals surface area contributed by atoms with Crippen molar-refractivity contribution >= 4 is 25.7 Å². The first-order chi connectivity index (χ1) is 17.1. The van der Waals surface area contributed by atoms with Crippen LogP contribution in [0, 0.1) is 17.3 Å². The molecular weight excluding hydrogens is 479 g/mol. The van der Waals surface area contributed by atoms with Gasteiger partial charge in [0.1, 0.15) is 49.4 Å². The lowest BCUT2D eigenvalue weighted by Crippen LogP contribution is -2.49. The van der Waals surface area contributed by atoms with Crippen molar-refractivity contribution in [3.8, 4) is 28.7 Å². The normalized spacial score (nSPS) is 15.1. The number of benzene rings is 1. The number of hydrogen-bond acceptors (Lipinski definition) is 6. The number of hydrogen-bond donors (Lipinski definition) is 1. The van der Waals surface area contributed by atoms with Crippen LogP contribution in [0.3, 0.4) is 0 Å². The second kappa shape index (κ2) is 10.2. The molecule has 36 heavy (non-hydrogen) atoms. The van der Waals surface area contributed by atoms with Gasteiger partial charge in [-0.15, -0.1) is 5.54 Å². The van der Waals surface area contributed by atoms with E-state index in [1.54, 1.807) is 31.3 Å². The highest BCUT2D eigenvalue weighted by Gasteiger charge is 2.32. The number of carbonyl (C=O) groups is 2. The molecule has 0 saturated heterocycles. The molecule has 2 amide bonds. The predicted octanol–water partition coefficient (Wildman–Crippen LogP) is 3.79. The quantitative estimate of drug-likeness (QED) is 0.429. The molecule has 1 atom stereocenters. The lowest BCUT2D eigenvalue weighted by Gasteiger charge is -2.19. The van der Waals surface area contributed by atoms with Crippen LogP contribution in [0.25, 0.3) is 0 Å². The number of carbonyl (C=O) groups excluding carboxylic acids is 2. The third-order valence-corrected chi connectivity index (χ3v) is 5.93. The zero-order valence-corrected chi connectivity index (χ0v) is 21.3. The monoisotopic (exact) mass is 504 g/mol. The van der Waals surface area contributed by atoms with Crippen LogP contribution in [-0.2, 0) is 4.79 Å². The maximum Gasteiger partial charge on any atom is 0.270 e. The number of amides is 2. The molecule has 1 aliphatic heterocycles. The van der Waals surface area contributed by atoms with Gasteiger partial charge in [-0.25, -0.2) is 9.37 Å². The van der Waals surface area contributed by atoms with Gasteiger partial charge >= 0.3 is 0 Å². The Hall–Kier alpha value is -4.23. The molecule has 0 aliphatic carbocycles. The molecule has 1 aromatic carbocycles. The van der Waals surface area contributed by atoms with Crippen LogP contribution in [0.5, 0.6) is 17.2 Å². The SMILES string of the molecule is CN1C(=O)[C@@H](NC(=O)c2cc(Oc3cccc(F)c3)ccn2)COc2ccc(C#C[Si](C)(C)C)nc21. The summed E-state index contributed by atoms with van der Waals surface area (Å²) in [5.74, 6) is 2.99. The van der Waals surface area contributed by atoms with Crippen LogP contribution >= 0.6 is 0 Å². The van der Waals surface area contributed by atoms with Crippen molar-refractivity contribution in [2.24, 2.45) is 0 Å². The summed E-state index contributed by atoms with van der Waals surface area (Å²) >= 11 is 0. The van der Waals surface area contributed by atoms with Gasteiger partial charge in [0.25, 0.3) is 11.8 Å². The number of anilines is 1. The van der Waals surface area contributed by atoms with E-state index >= 15 is 0 Å². The van der Waals surface area contributed by atoms with Crippen molar-refractivity contribution in [2.45, 2.75) is 25.7 Å². The topological polar surface area (TPSA) is 93.7 Å². The minimum Gasteiger partial charge on any atom is -0.487 e. The number of pyridine rings is 2. The van der Waals surface area contributed by atoms with E-state index in [0.29, 0.717) is 23.0 Å². The van der Waals surface area contributed by atoms with Gasteiger partial charge < -0.3 is 14.8 Å². The lowest BCUT2D eigenvalue weighted by molar-refractivity contribution is -0.120. The fraction of sp³-hybridized carbons (Fsp3) is 0.231. The minimum atomic E-state index is -1.60. The second-order valence-corrected chi connectivity index (χ2v) is 13.9. The molecular formula is C26H25FN4O4Si. The summed E-state index contributed by atoms with van der Waals surface area (Å²) in [6, 6.07) is 11.1. The van der Waals surface area contributed by atoms with Gasteiger partial charge in [0.2, 0.25) is 0 Å².